The third kappa shape index (κ3) is 3.33. The average molecular weight is 280 g/mol. The van der Waals surface area contributed by atoms with E-state index in [0.29, 0.717) is 5.92 Å². The molecule has 0 radical (unpaired) electrons. The van der Waals surface area contributed by atoms with Crippen LogP contribution in [0.3, 0.4) is 0 Å². The van der Waals surface area contributed by atoms with Crippen LogP contribution in [0.15, 0.2) is 0 Å². The van der Waals surface area contributed by atoms with Crippen LogP contribution in [0.25, 0.3) is 0 Å². The van der Waals surface area contributed by atoms with Crippen molar-refractivity contribution in [3.05, 3.63) is 0 Å². The predicted octanol–water partition coefficient (Wildman–Crippen LogP) is 2.33. The summed E-state index contributed by atoms with van der Waals surface area (Å²) in [5, 5.41) is 3.06. The van der Waals surface area contributed by atoms with Crippen LogP contribution in [0, 0.1) is 11.3 Å². The number of likely N-dealkylation sites (tertiary alicyclic amines) is 1. The van der Waals surface area contributed by atoms with Crippen molar-refractivity contribution in [2.24, 2.45) is 11.3 Å². The molecule has 0 bridgehead atoms. The summed E-state index contributed by atoms with van der Waals surface area (Å²) in [5.74, 6) is 0.425. The van der Waals surface area contributed by atoms with Crippen LogP contribution in [0.4, 0.5) is 0 Å². The molecule has 1 heterocycles. The normalized spacial score (nSPS) is 24.8. The Hall–Kier alpha value is -1.06. The summed E-state index contributed by atoms with van der Waals surface area (Å²) >= 11 is 0. The van der Waals surface area contributed by atoms with Gasteiger partial charge in [0.2, 0.25) is 11.8 Å². The van der Waals surface area contributed by atoms with Gasteiger partial charge < -0.3 is 10.2 Å². The van der Waals surface area contributed by atoms with Gasteiger partial charge in [-0.2, -0.15) is 0 Å². The van der Waals surface area contributed by atoms with Crippen LogP contribution in [0.5, 0.6) is 0 Å². The van der Waals surface area contributed by atoms with E-state index in [2.05, 4.69) is 12.2 Å². The molecule has 4 heteroatoms. The number of rotatable bonds is 3. The van der Waals surface area contributed by atoms with Gasteiger partial charge in [-0.3, -0.25) is 9.59 Å². The lowest BCUT2D eigenvalue weighted by molar-refractivity contribution is -0.150. The second-order valence-electron chi connectivity index (χ2n) is 7.08. The Kier molecular flexibility index (Phi) is 4.71. The number of hydrogen-bond donors (Lipinski definition) is 1. The van der Waals surface area contributed by atoms with Crippen molar-refractivity contribution in [3.63, 3.8) is 0 Å². The van der Waals surface area contributed by atoms with Crippen molar-refractivity contribution in [3.8, 4) is 0 Å². The molecule has 1 saturated heterocycles. The van der Waals surface area contributed by atoms with E-state index < -0.39 is 5.41 Å². The molecule has 2 rings (SSSR count). The smallest absolute Gasteiger partial charge is 0.237 e. The second kappa shape index (κ2) is 6.15. The maximum absolute atomic E-state index is 12.6. The monoisotopic (exact) mass is 280 g/mol. The number of carbonyl (C=O) groups excluding carboxylic acids is 2. The number of piperidine rings is 1. The highest BCUT2D eigenvalue weighted by Crippen LogP contribution is 2.26. The Morgan fingerprint density at radius 3 is 2.35 bits per heavy atom. The third-order valence-corrected chi connectivity index (χ3v) is 4.74. The minimum Gasteiger partial charge on any atom is -0.352 e. The number of carbonyl (C=O) groups is 2. The molecule has 1 N–H and O–H groups in total. The fourth-order valence-corrected chi connectivity index (χ4v) is 3.30. The molecule has 1 aliphatic heterocycles. The second-order valence-corrected chi connectivity index (χ2v) is 7.08. The Balaban J connectivity index is 1.96. The first-order chi connectivity index (χ1) is 9.41. The molecule has 0 aromatic carbocycles. The molecule has 0 aromatic heterocycles. The standard InChI is InChI=1S/C16H28N2O2/c1-12-7-6-10-18(11-12)15(20)16(2,3)14(19)17-13-8-4-5-9-13/h12-13H,4-11H2,1-3H3,(H,17,19). The number of nitrogens with one attached hydrogen (secondary N) is 1. The van der Waals surface area contributed by atoms with Crippen LogP contribution >= 0.6 is 0 Å². The summed E-state index contributed by atoms with van der Waals surface area (Å²) in [4.78, 5) is 27.0. The fourth-order valence-electron chi connectivity index (χ4n) is 3.30. The van der Waals surface area contributed by atoms with Gasteiger partial charge in [0.1, 0.15) is 5.41 Å². The first kappa shape index (κ1) is 15.3. The van der Waals surface area contributed by atoms with E-state index in [4.69, 9.17) is 0 Å². The minimum absolute atomic E-state index is 0.0143. The van der Waals surface area contributed by atoms with E-state index in [1.165, 1.54) is 19.3 Å². The summed E-state index contributed by atoms with van der Waals surface area (Å²) in [6.07, 6.45) is 6.70. The molecule has 0 spiro atoms. The Morgan fingerprint density at radius 2 is 1.75 bits per heavy atom. The topological polar surface area (TPSA) is 49.4 Å². The summed E-state index contributed by atoms with van der Waals surface area (Å²) in [6, 6.07) is 0.273. The SMILES string of the molecule is CC1CCCN(C(=O)C(C)(C)C(=O)NC2CCCC2)C1. The van der Waals surface area contributed by atoms with Gasteiger partial charge >= 0.3 is 0 Å². The van der Waals surface area contributed by atoms with Gasteiger partial charge in [-0.15, -0.1) is 0 Å². The molecule has 1 saturated carbocycles. The molecule has 2 amide bonds. The molecule has 1 unspecified atom stereocenters. The van der Waals surface area contributed by atoms with Crippen LogP contribution < -0.4 is 5.32 Å². The summed E-state index contributed by atoms with van der Waals surface area (Å²) in [6.45, 7) is 7.28. The van der Waals surface area contributed by atoms with E-state index in [9.17, 15) is 9.59 Å². The van der Waals surface area contributed by atoms with Crippen LogP contribution in [0.2, 0.25) is 0 Å². The quantitative estimate of drug-likeness (QED) is 0.807. The largest absolute Gasteiger partial charge is 0.352 e. The van der Waals surface area contributed by atoms with Gasteiger partial charge in [-0.1, -0.05) is 19.8 Å². The molecule has 2 fully saturated rings. The van der Waals surface area contributed by atoms with Crippen molar-refractivity contribution in [2.45, 2.75) is 65.3 Å². The average Bonchev–Trinajstić information content (AvgIpc) is 2.90. The maximum Gasteiger partial charge on any atom is 0.237 e. The molecule has 20 heavy (non-hydrogen) atoms. The highest BCUT2D eigenvalue weighted by atomic mass is 16.2. The van der Waals surface area contributed by atoms with E-state index in [1.807, 2.05) is 4.90 Å². The zero-order valence-corrected chi connectivity index (χ0v) is 13.1. The van der Waals surface area contributed by atoms with Gasteiger partial charge in [0.05, 0.1) is 0 Å². The van der Waals surface area contributed by atoms with Crippen molar-refractivity contribution >= 4 is 11.8 Å². The van der Waals surface area contributed by atoms with E-state index >= 15 is 0 Å². The minimum atomic E-state index is -0.945. The zero-order chi connectivity index (χ0) is 14.8. The van der Waals surface area contributed by atoms with Gasteiger partial charge in [0.25, 0.3) is 0 Å². The van der Waals surface area contributed by atoms with Gasteiger partial charge in [0, 0.05) is 19.1 Å². The van der Waals surface area contributed by atoms with Crippen LogP contribution in [-0.4, -0.2) is 35.8 Å². The van der Waals surface area contributed by atoms with Gasteiger partial charge in [-0.25, -0.2) is 0 Å². The highest BCUT2D eigenvalue weighted by Gasteiger charge is 2.40. The lowest BCUT2D eigenvalue weighted by Crippen LogP contribution is -2.53. The van der Waals surface area contributed by atoms with Crippen molar-refractivity contribution < 1.29 is 9.59 Å². The fraction of sp³-hybridized carbons (Fsp3) is 0.875. The van der Waals surface area contributed by atoms with Crippen molar-refractivity contribution in [1.29, 1.82) is 0 Å². The van der Waals surface area contributed by atoms with Crippen LogP contribution in [-0.2, 0) is 9.59 Å². The molecule has 4 nitrogen and oxygen atoms in total. The number of nitrogens with zero attached hydrogens (tertiary/aromatic N) is 1. The molecule has 1 aliphatic carbocycles. The number of amides is 2. The summed E-state index contributed by atoms with van der Waals surface area (Å²) in [7, 11) is 0. The lowest BCUT2D eigenvalue weighted by atomic mass is 9.88. The summed E-state index contributed by atoms with van der Waals surface area (Å²) < 4.78 is 0. The molecular formula is C16H28N2O2. The van der Waals surface area contributed by atoms with Gasteiger partial charge in [0.15, 0.2) is 0 Å². The number of hydrogen-bond acceptors (Lipinski definition) is 2. The third-order valence-electron chi connectivity index (χ3n) is 4.74. The molecule has 2 aliphatic rings. The van der Waals surface area contributed by atoms with Crippen molar-refractivity contribution in [2.75, 3.05) is 13.1 Å². The van der Waals surface area contributed by atoms with Crippen LogP contribution in [0.1, 0.15) is 59.3 Å². The first-order valence-corrected chi connectivity index (χ1v) is 8.01. The van der Waals surface area contributed by atoms with E-state index in [0.717, 1.165) is 32.4 Å². The maximum atomic E-state index is 12.6. The van der Waals surface area contributed by atoms with E-state index in [-0.39, 0.29) is 17.9 Å². The molecule has 1 atom stereocenters. The summed E-state index contributed by atoms with van der Waals surface area (Å²) in [5.41, 5.74) is -0.945. The zero-order valence-electron chi connectivity index (χ0n) is 13.1. The molecule has 114 valence electrons. The molecular weight excluding hydrogens is 252 g/mol. The predicted molar refractivity (Wildman–Crippen MR) is 79.2 cm³/mol. The Morgan fingerprint density at radius 1 is 1.10 bits per heavy atom. The molecule has 0 aromatic rings. The lowest BCUT2D eigenvalue weighted by Gasteiger charge is -2.36. The van der Waals surface area contributed by atoms with E-state index in [1.54, 1.807) is 13.8 Å². The van der Waals surface area contributed by atoms with Crippen molar-refractivity contribution in [1.82, 2.24) is 10.2 Å². The highest BCUT2D eigenvalue weighted by molar-refractivity contribution is 6.04. The Bertz CT molecular complexity index is 373. The van der Waals surface area contributed by atoms with Gasteiger partial charge in [-0.05, 0) is 45.4 Å². The first-order valence-electron chi connectivity index (χ1n) is 8.01. The Labute approximate surface area is 122 Å².